The molecule has 0 saturated carbocycles. The van der Waals surface area contributed by atoms with E-state index in [1.165, 1.54) is 12.3 Å². The van der Waals surface area contributed by atoms with E-state index in [0.717, 1.165) is 5.69 Å². The van der Waals surface area contributed by atoms with Crippen LogP contribution in [0.1, 0.15) is 31.0 Å². The normalized spacial score (nSPS) is 10.8. The van der Waals surface area contributed by atoms with Crippen molar-refractivity contribution in [3.8, 4) is 6.07 Å². The summed E-state index contributed by atoms with van der Waals surface area (Å²) >= 11 is 0. The molecule has 0 unspecified atom stereocenters. The number of nitrogens with zero attached hydrogens (tertiary/aromatic N) is 3. The molecular weight excluding hydrogens is 192 g/mol. The molecule has 0 aliphatic carbocycles. The lowest BCUT2D eigenvalue weighted by atomic mass is 10.1. The van der Waals surface area contributed by atoms with Crippen molar-refractivity contribution in [3.05, 3.63) is 33.9 Å². The van der Waals surface area contributed by atoms with Gasteiger partial charge in [-0.25, -0.2) is 4.52 Å². The van der Waals surface area contributed by atoms with E-state index in [1.807, 2.05) is 19.9 Å². The average molecular weight is 202 g/mol. The molecule has 15 heavy (non-hydrogen) atoms. The summed E-state index contributed by atoms with van der Waals surface area (Å²) in [5.41, 5.74) is 1.45. The maximum absolute atomic E-state index is 11.4. The first kappa shape index (κ1) is 9.46. The molecule has 2 heterocycles. The Bertz CT molecular complexity index is 600. The number of aromatic nitrogens is 3. The third-order valence-electron chi connectivity index (χ3n) is 2.25. The van der Waals surface area contributed by atoms with Gasteiger partial charge in [0.1, 0.15) is 11.6 Å². The number of rotatable bonds is 1. The highest BCUT2D eigenvalue weighted by Gasteiger charge is 2.11. The number of hydrogen-bond donors (Lipinski definition) is 1. The fourth-order valence-corrected chi connectivity index (χ4v) is 1.51. The minimum absolute atomic E-state index is 0.182. The molecule has 0 aliphatic heterocycles. The number of H-pyrrole nitrogens is 1. The Kier molecular flexibility index (Phi) is 2.05. The predicted octanol–water partition coefficient (Wildman–Crippen LogP) is 1.02. The van der Waals surface area contributed by atoms with E-state index in [9.17, 15) is 4.79 Å². The van der Waals surface area contributed by atoms with Gasteiger partial charge in [-0.1, -0.05) is 13.8 Å². The van der Waals surface area contributed by atoms with E-state index < -0.39 is 0 Å². The van der Waals surface area contributed by atoms with Gasteiger partial charge in [0, 0.05) is 6.07 Å². The van der Waals surface area contributed by atoms with E-state index in [0.29, 0.717) is 11.2 Å². The van der Waals surface area contributed by atoms with Crippen LogP contribution in [-0.4, -0.2) is 14.6 Å². The Hall–Kier alpha value is -2.09. The monoisotopic (exact) mass is 202 g/mol. The molecular formula is C10H10N4O. The van der Waals surface area contributed by atoms with Crippen LogP contribution in [0.5, 0.6) is 0 Å². The zero-order chi connectivity index (χ0) is 11.0. The molecule has 0 saturated heterocycles. The smallest absolute Gasteiger partial charge is 0.251 e. The summed E-state index contributed by atoms with van der Waals surface area (Å²) in [5, 5.41) is 12.9. The molecule has 5 heteroatoms. The summed E-state index contributed by atoms with van der Waals surface area (Å²) in [6, 6.07) is 3.50. The van der Waals surface area contributed by atoms with Crippen LogP contribution in [0.2, 0.25) is 0 Å². The second kappa shape index (κ2) is 3.24. The number of fused-ring (bicyclic) bond motifs is 1. The van der Waals surface area contributed by atoms with Crippen LogP contribution in [0.3, 0.4) is 0 Å². The van der Waals surface area contributed by atoms with Gasteiger partial charge < -0.3 is 4.98 Å². The Labute approximate surface area is 86.0 Å². The van der Waals surface area contributed by atoms with Crippen LogP contribution in [0.4, 0.5) is 0 Å². The van der Waals surface area contributed by atoms with Crippen LogP contribution in [0.15, 0.2) is 17.1 Å². The molecule has 0 aromatic carbocycles. The molecule has 76 valence electrons. The fraction of sp³-hybridized carbons (Fsp3) is 0.300. The molecule has 5 nitrogen and oxygen atoms in total. The zero-order valence-electron chi connectivity index (χ0n) is 8.48. The molecule has 2 rings (SSSR count). The van der Waals surface area contributed by atoms with Gasteiger partial charge in [0.25, 0.3) is 5.56 Å². The fourth-order valence-electron chi connectivity index (χ4n) is 1.51. The first-order valence-electron chi connectivity index (χ1n) is 4.64. The Morgan fingerprint density at radius 2 is 2.33 bits per heavy atom. The third kappa shape index (κ3) is 1.40. The molecule has 0 bridgehead atoms. The minimum Gasteiger partial charge on any atom is -0.306 e. The van der Waals surface area contributed by atoms with Gasteiger partial charge in [0.2, 0.25) is 0 Å². The lowest BCUT2D eigenvalue weighted by molar-refractivity contribution is 0.745. The third-order valence-corrected chi connectivity index (χ3v) is 2.25. The van der Waals surface area contributed by atoms with Gasteiger partial charge in [-0.3, -0.25) is 4.79 Å². The Morgan fingerprint density at radius 3 is 2.93 bits per heavy atom. The van der Waals surface area contributed by atoms with Gasteiger partial charge in [0.15, 0.2) is 5.65 Å². The van der Waals surface area contributed by atoms with Gasteiger partial charge in [-0.05, 0) is 5.92 Å². The molecule has 0 atom stereocenters. The first-order chi connectivity index (χ1) is 7.13. The SMILES string of the molecule is CC(C)c1cc(=O)[nH]c2c(C#N)cnn12. The van der Waals surface area contributed by atoms with Crippen molar-refractivity contribution in [1.82, 2.24) is 14.6 Å². The molecule has 0 spiro atoms. The van der Waals surface area contributed by atoms with Crippen molar-refractivity contribution in [2.24, 2.45) is 0 Å². The van der Waals surface area contributed by atoms with Gasteiger partial charge in [-0.15, -0.1) is 0 Å². The minimum atomic E-state index is -0.205. The number of hydrogen-bond acceptors (Lipinski definition) is 3. The lowest BCUT2D eigenvalue weighted by Gasteiger charge is -2.06. The van der Waals surface area contributed by atoms with E-state index in [2.05, 4.69) is 10.1 Å². The van der Waals surface area contributed by atoms with Crippen LogP contribution in [-0.2, 0) is 0 Å². The van der Waals surface area contributed by atoms with Crippen LogP contribution in [0, 0.1) is 11.3 Å². The van der Waals surface area contributed by atoms with Crippen molar-refractivity contribution in [2.45, 2.75) is 19.8 Å². The lowest BCUT2D eigenvalue weighted by Crippen LogP contribution is -2.13. The van der Waals surface area contributed by atoms with Crippen molar-refractivity contribution in [1.29, 1.82) is 5.26 Å². The second-order valence-electron chi connectivity index (χ2n) is 3.64. The van der Waals surface area contributed by atoms with Crippen molar-refractivity contribution < 1.29 is 0 Å². The molecule has 0 amide bonds. The van der Waals surface area contributed by atoms with E-state index in [4.69, 9.17) is 5.26 Å². The average Bonchev–Trinajstić information content (AvgIpc) is 2.58. The summed E-state index contributed by atoms with van der Waals surface area (Å²) in [6.45, 7) is 3.95. The Morgan fingerprint density at radius 1 is 1.60 bits per heavy atom. The maximum Gasteiger partial charge on any atom is 0.251 e. The summed E-state index contributed by atoms with van der Waals surface area (Å²) in [5.74, 6) is 0.182. The van der Waals surface area contributed by atoms with Crippen molar-refractivity contribution in [2.75, 3.05) is 0 Å². The quantitative estimate of drug-likeness (QED) is 0.750. The topological polar surface area (TPSA) is 73.9 Å². The van der Waals surface area contributed by atoms with Crippen molar-refractivity contribution >= 4 is 5.65 Å². The second-order valence-corrected chi connectivity index (χ2v) is 3.64. The van der Waals surface area contributed by atoms with Gasteiger partial charge >= 0.3 is 0 Å². The van der Waals surface area contributed by atoms with E-state index in [1.54, 1.807) is 4.52 Å². The molecule has 0 aliphatic rings. The summed E-state index contributed by atoms with van der Waals surface area (Å²) in [7, 11) is 0. The summed E-state index contributed by atoms with van der Waals surface area (Å²) < 4.78 is 1.60. The Balaban J connectivity index is 2.90. The molecule has 1 N–H and O–H groups in total. The predicted molar refractivity (Wildman–Crippen MR) is 54.6 cm³/mol. The molecule has 2 aromatic rings. The first-order valence-corrected chi connectivity index (χ1v) is 4.64. The van der Waals surface area contributed by atoms with E-state index in [-0.39, 0.29) is 11.5 Å². The number of aromatic amines is 1. The highest BCUT2D eigenvalue weighted by Crippen LogP contribution is 2.14. The van der Waals surface area contributed by atoms with Crippen LogP contribution in [0.25, 0.3) is 5.65 Å². The van der Waals surface area contributed by atoms with Crippen LogP contribution >= 0.6 is 0 Å². The summed E-state index contributed by atoms with van der Waals surface area (Å²) in [4.78, 5) is 14.0. The van der Waals surface area contributed by atoms with Gasteiger partial charge in [-0.2, -0.15) is 10.4 Å². The summed E-state index contributed by atoms with van der Waals surface area (Å²) in [6.07, 6.45) is 1.46. The number of nitriles is 1. The van der Waals surface area contributed by atoms with Gasteiger partial charge in [0.05, 0.1) is 11.9 Å². The largest absolute Gasteiger partial charge is 0.306 e. The maximum atomic E-state index is 11.4. The highest BCUT2D eigenvalue weighted by atomic mass is 16.1. The van der Waals surface area contributed by atoms with E-state index >= 15 is 0 Å². The molecule has 2 aromatic heterocycles. The van der Waals surface area contributed by atoms with Crippen molar-refractivity contribution in [3.63, 3.8) is 0 Å². The standard InChI is InChI=1S/C10H10N4O/c1-6(2)8-3-9(15)13-10-7(4-11)5-12-14(8)10/h3,5-6H,1-2H3,(H,13,15). The number of nitrogens with one attached hydrogen (secondary N) is 1. The van der Waals surface area contributed by atoms with Crippen LogP contribution < -0.4 is 5.56 Å². The molecule has 0 fully saturated rings. The highest BCUT2D eigenvalue weighted by molar-refractivity contribution is 5.54. The zero-order valence-corrected chi connectivity index (χ0v) is 8.48. The molecule has 0 radical (unpaired) electrons.